The van der Waals surface area contributed by atoms with E-state index in [4.69, 9.17) is 16.7 Å². The van der Waals surface area contributed by atoms with Crippen molar-refractivity contribution in [1.82, 2.24) is 0 Å². The summed E-state index contributed by atoms with van der Waals surface area (Å²) in [6, 6.07) is 14.4. The highest BCUT2D eigenvalue weighted by molar-refractivity contribution is 6.30. The van der Waals surface area contributed by atoms with Crippen molar-refractivity contribution in [2.45, 2.75) is 6.42 Å². The predicted octanol–water partition coefficient (Wildman–Crippen LogP) is 2.87. The molecule has 1 amide bonds. The van der Waals surface area contributed by atoms with Gasteiger partial charge in [0.05, 0.1) is 6.42 Å². The van der Waals surface area contributed by atoms with Crippen molar-refractivity contribution in [3.05, 3.63) is 64.7 Å². The molecule has 0 saturated carbocycles. The van der Waals surface area contributed by atoms with Crippen molar-refractivity contribution in [2.24, 2.45) is 0 Å². The van der Waals surface area contributed by atoms with Crippen LogP contribution in [0.3, 0.4) is 0 Å². The van der Waals surface area contributed by atoms with Crippen molar-refractivity contribution < 1.29 is 9.90 Å². The lowest BCUT2D eigenvalue weighted by atomic mass is 10.1. The zero-order valence-electron chi connectivity index (χ0n) is 11.3. The molecule has 0 unspecified atom stereocenters. The van der Waals surface area contributed by atoms with Crippen LogP contribution in [0.4, 0.5) is 5.69 Å². The number of hydrogen-bond acceptors (Lipinski definition) is 2. The topological polar surface area (TPSA) is 49.3 Å². The molecular weight excluding hydrogens is 286 g/mol. The first kappa shape index (κ1) is 15.1. The lowest BCUT2D eigenvalue weighted by molar-refractivity contribution is -0.115. The van der Waals surface area contributed by atoms with Crippen LogP contribution in [0.2, 0.25) is 5.02 Å². The molecule has 0 bridgehead atoms. The molecule has 0 radical (unpaired) electrons. The summed E-state index contributed by atoms with van der Waals surface area (Å²) < 4.78 is 0. The maximum atomic E-state index is 12.0. The van der Waals surface area contributed by atoms with Crippen LogP contribution >= 0.6 is 11.6 Å². The third-order valence-corrected chi connectivity index (χ3v) is 2.99. The molecule has 3 nitrogen and oxygen atoms in total. The number of benzene rings is 2. The molecule has 0 aliphatic carbocycles. The molecular formula is C17H14ClNO2. The first-order valence-electron chi connectivity index (χ1n) is 6.41. The molecule has 2 N–H and O–H groups in total. The maximum Gasteiger partial charge on any atom is 0.228 e. The van der Waals surface area contributed by atoms with Crippen LogP contribution in [0.1, 0.15) is 11.1 Å². The van der Waals surface area contributed by atoms with E-state index in [1.54, 1.807) is 30.3 Å². The fourth-order valence-electron chi connectivity index (χ4n) is 1.81. The average molecular weight is 300 g/mol. The molecule has 106 valence electrons. The van der Waals surface area contributed by atoms with Gasteiger partial charge in [0.1, 0.15) is 6.61 Å². The Morgan fingerprint density at radius 2 is 1.95 bits per heavy atom. The maximum absolute atomic E-state index is 12.0. The van der Waals surface area contributed by atoms with E-state index in [2.05, 4.69) is 17.2 Å². The molecule has 0 aliphatic heterocycles. The monoisotopic (exact) mass is 299 g/mol. The fourth-order valence-corrected chi connectivity index (χ4v) is 1.94. The van der Waals surface area contributed by atoms with E-state index in [9.17, 15) is 4.79 Å². The number of halogens is 1. The fraction of sp³-hybridized carbons (Fsp3) is 0.118. The number of hydrogen-bond donors (Lipinski definition) is 2. The molecule has 0 atom stereocenters. The highest BCUT2D eigenvalue weighted by atomic mass is 35.5. The Bertz CT molecular complexity index is 684. The minimum absolute atomic E-state index is 0.107. The third-order valence-electron chi connectivity index (χ3n) is 2.74. The van der Waals surface area contributed by atoms with E-state index < -0.39 is 0 Å². The number of nitrogens with one attached hydrogen (secondary N) is 1. The SMILES string of the molecule is O=C(Cc1ccc(Cl)cc1)Nc1cccc(C#CCO)c1. The van der Waals surface area contributed by atoms with Crippen LogP contribution in [0.5, 0.6) is 0 Å². The van der Waals surface area contributed by atoms with Gasteiger partial charge in [0.2, 0.25) is 5.91 Å². The molecule has 0 aromatic heterocycles. The van der Waals surface area contributed by atoms with E-state index in [-0.39, 0.29) is 18.9 Å². The quantitative estimate of drug-likeness (QED) is 0.856. The van der Waals surface area contributed by atoms with Crippen LogP contribution in [-0.2, 0) is 11.2 Å². The van der Waals surface area contributed by atoms with E-state index in [1.165, 1.54) is 0 Å². The summed E-state index contributed by atoms with van der Waals surface area (Å²) in [6.45, 7) is -0.187. The van der Waals surface area contributed by atoms with Gasteiger partial charge in [-0.1, -0.05) is 41.6 Å². The third kappa shape index (κ3) is 4.96. The van der Waals surface area contributed by atoms with Crippen molar-refractivity contribution in [2.75, 3.05) is 11.9 Å². The minimum atomic E-state index is -0.187. The summed E-state index contributed by atoms with van der Waals surface area (Å²) in [5.74, 6) is 5.26. The largest absolute Gasteiger partial charge is 0.384 e. The van der Waals surface area contributed by atoms with Crippen molar-refractivity contribution in [3.8, 4) is 11.8 Å². The van der Waals surface area contributed by atoms with Crippen LogP contribution in [-0.4, -0.2) is 17.6 Å². The second kappa shape index (κ2) is 7.49. The molecule has 0 fully saturated rings. The summed E-state index contributed by atoms with van der Waals surface area (Å²) in [7, 11) is 0. The molecule has 2 aromatic rings. The lowest BCUT2D eigenvalue weighted by Gasteiger charge is -2.06. The summed E-state index contributed by atoms with van der Waals surface area (Å²) in [6.07, 6.45) is 0.281. The Balaban J connectivity index is 2.00. The van der Waals surface area contributed by atoms with Crippen LogP contribution in [0.15, 0.2) is 48.5 Å². The Morgan fingerprint density at radius 3 is 2.67 bits per heavy atom. The summed E-state index contributed by atoms with van der Waals surface area (Å²) in [5, 5.41) is 12.1. The number of anilines is 1. The van der Waals surface area contributed by atoms with Crippen LogP contribution < -0.4 is 5.32 Å². The van der Waals surface area contributed by atoms with E-state index in [0.717, 1.165) is 11.1 Å². The van der Waals surface area contributed by atoms with Crippen molar-refractivity contribution >= 4 is 23.2 Å². The molecule has 21 heavy (non-hydrogen) atoms. The average Bonchev–Trinajstić information content (AvgIpc) is 2.48. The minimum Gasteiger partial charge on any atom is -0.384 e. The van der Waals surface area contributed by atoms with Gasteiger partial charge in [-0.3, -0.25) is 4.79 Å². The van der Waals surface area contributed by atoms with Gasteiger partial charge in [-0.05, 0) is 35.9 Å². The Labute approximate surface area is 128 Å². The summed E-state index contributed by atoms with van der Waals surface area (Å²) in [5.41, 5.74) is 2.32. The smallest absolute Gasteiger partial charge is 0.228 e. The Hall–Kier alpha value is -2.28. The van der Waals surface area contributed by atoms with E-state index in [1.807, 2.05) is 18.2 Å². The normalized spacial score (nSPS) is 9.62. The zero-order valence-corrected chi connectivity index (χ0v) is 12.0. The second-order valence-electron chi connectivity index (χ2n) is 4.39. The van der Waals surface area contributed by atoms with Crippen molar-refractivity contribution in [1.29, 1.82) is 0 Å². The Kier molecular flexibility index (Phi) is 5.39. The van der Waals surface area contributed by atoms with Gasteiger partial charge in [-0.25, -0.2) is 0 Å². The zero-order chi connectivity index (χ0) is 15.1. The number of aliphatic hydroxyl groups excluding tert-OH is 1. The molecule has 4 heteroatoms. The number of amides is 1. The van der Waals surface area contributed by atoms with Crippen LogP contribution in [0, 0.1) is 11.8 Å². The van der Waals surface area contributed by atoms with E-state index in [0.29, 0.717) is 10.7 Å². The van der Waals surface area contributed by atoms with Crippen LogP contribution in [0.25, 0.3) is 0 Å². The van der Waals surface area contributed by atoms with Gasteiger partial charge in [-0.15, -0.1) is 0 Å². The van der Waals surface area contributed by atoms with Gasteiger partial charge in [-0.2, -0.15) is 0 Å². The predicted molar refractivity (Wildman–Crippen MR) is 84.2 cm³/mol. The first-order valence-corrected chi connectivity index (χ1v) is 6.79. The van der Waals surface area contributed by atoms with Crippen molar-refractivity contribution in [3.63, 3.8) is 0 Å². The lowest BCUT2D eigenvalue weighted by Crippen LogP contribution is -2.14. The molecule has 0 heterocycles. The molecule has 0 spiro atoms. The highest BCUT2D eigenvalue weighted by Crippen LogP contribution is 2.12. The molecule has 2 aromatic carbocycles. The number of aliphatic hydroxyl groups is 1. The van der Waals surface area contributed by atoms with Gasteiger partial charge in [0.15, 0.2) is 0 Å². The molecule has 2 rings (SSSR count). The van der Waals surface area contributed by atoms with Gasteiger partial charge in [0.25, 0.3) is 0 Å². The summed E-state index contributed by atoms with van der Waals surface area (Å²) >= 11 is 5.81. The standard InChI is InChI=1S/C17H14ClNO2/c18-15-8-6-14(7-9-15)12-17(21)19-16-5-1-3-13(11-16)4-2-10-20/h1,3,5-9,11,20H,10,12H2,(H,19,21). The van der Waals surface area contributed by atoms with E-state index >= 15 is 0 Å². The summed E-state index contributed by atoms with van der Waals surface area (Å²) in [4.78, 5) is 12.0. The number of rotatable bonds is 3. The van der Waals surface area contributed by atoms with Gasteiger partial charge < -0.3 is 10.4 Å². The number of carbonyl (C=O) groups excluding carboxylic acids is 1. The number of carbonyl (C=O) groups is 1. The molecule has 0 saturated heterocycles. The second-order valence-corrected chi connectivity index (χ2v) is 4.83. The molecule has 0 aliphatic rings. The Morgan fingerprint density at radius 1 is 1.19 bits per heavy atom. The highest BCUT2D eigenvalue weighted by Gasteiger charge is 2.04. The van der Waals surface area contributed by atoms with Gasteiger partial charge >= 0.3 is 0 Å². The first-order chi connectivity index (χ1) is 10.2. The van der Waals surface area contributed by atoms with Gasteiger partial charge in [0, 0.05) is 16.3 Å².